The fourth-order valence-electron chi connectivity index (χ4n) is 3.77. The van der Waals surface area contributed by atoms with Crippen LogP contribution in [-0.4, -0.2) is 31.7 Å². The summed E-state index contributed by atoms with van der Waals surface area (Å²) < 4.78 is 7.59. The molecule has 0 unspecified atom stereocenters. The van der Waals surface area contributed by atoms with E-state index in [1.807, 2.05) is 24.3 Å². The summed E-state index contributed by atoms with van der Waals surface area (Å²) in [5.74, 6) is 0.839. The second-order valence-corrected chi connectivity index (χ2v) is 6.55. The normalized spacial score (nSPS) is 21.2. The van der Waals surface area contributed by atoms with Crippen LogP contribution in [-0.2, 0) is 11.3 Å². The van der Waals surface area contributed by atoms with E-state index >= 15 is 0 Å². The maximum Gasteiger partial charge on any atom is 0.242 e. The number of rotatable bonds is 3. The molecule has 1 saturated carbocycles. The van der Waals surface area contributed by atoms with Gasteiger partial charge in [-0.05, 0) is 42.2 Å². The Hall–Kier alpha value is -2.64. The molecule has 1 aromatic heterocycles. The standard InChI is InChI=1S/C16H20N6O2/c17-15-19-20-21-22(15)10-14(23)18-12-9-16(7-3-4-8-16)24-13-6-2-1-5-11(12)13/h1-2,5-6,12H,3-4,7-10H2,(H,18,23)(H2,17,19,21)/t12-/m0/s1. The van der Waals surface area contributed by atoms with Crippen LogP contribution in [0.2, 0.25) is 0 Å². The number of hydrogen-bond acceptors (Lipinski definition) is 6. The third kappa shape index (κ3) is 2.68. The van der Waals surface area contributed by atoms with E-state index in [4.69, 9.17) is 10.5 Å². The van der Waals surface area contributed by atoms with Gasteiger partial charge >= 0.3 is 0 Å². The number of aromatic nitrogens is 4. The second-order valence-electron chi connectivity index (χ2n) is 6.55. The number of nitrogens with two attached hydrogens (primary N) is 1. The lowest BCUT2D eigenvalue weighted by atomic mass is 9.86. The van der Waals surface area contributed by atoms with Gasteiger partial charge in [-0.2, -0.15) is 0 Å². The molecule has 1 aliphatic carbocycles. The highest BCUT2D eigenvalue weighted by molar-refractivity contribution is 5.76. The number of para-hydroxylation sites is 1. The first-order valence-corrected chi connectivity index (χ1v) is 8.24. The topological polar surface area (TPSA) is 108 Å². The molecule has 1 aliphatic heterocycles. The monoisotopic (exact) mass is 328 g/mol. The zero-order valence-corrected chi connectivity index (χ0v) is 13.3. The fourth-order valence-corrected chi connectivity index (χ4v) is 3.77. The van der Waals surface area contributed by atoms with E-state index in [1.54, 1.807) is 0 Å². The van der Waals surface area contributed by atoms with Crippen molar-refractivity contribution < 1.29 is 9.53 Å². The van der Waals surface area contributed by atoms with Gasteiger partial charge in [0.1, 0.15) is 17.9 Å². The number of nitrogen functional groups attached to an aromatic ring is 1. The molecule has 1 atom stereocenters. The predicted molar refractivity (Wildman–Crippen MR) is 86.0 cm³/mol. The molecular formula is C16H20N6O2. The van der Waals surface area contributed by atoms with Crippen LogP contribution in [0.1, 0.15) is 43.7 Å². The van der Waals surface area contributed by atoms with Crippen LogP contribution >= 0.6 is 0 Å². The molecule has 1 spiro atoms. The molecule has 0 saturated heterocycles. The van der Waals surface area contributed by atoms with Crippen LogP contribution in [0.25, 0.3) is 0 Å². The van der Waals surface area contributed by atoms with E-state index in [2.05, 4.69) is 20.8 Å². The number of nitrogens with one attached hydrogen (secondary N) is 1. The summed E-state index contributed by atoms with van der Waals surface area (Å²) in [5, 5.41) is 13.9. The van der Waals surface area contributed by atoms with E-state index in [-0.39, 0.29) is 30.0 Å². The molecule has 126 valence electrons. The Kier molecular flexibility index (Phi) is 3.59. The van der Waals surface area contributed by atoms with Crippen LogP contribution in [0, 0.1) is 0 Å². The molecule has 0 radical (unpaired) electrons. The fraction of sp³-hybridized carbons (Fsp3) is 0.500. The molecule has 0 bridgehead atoms. The van der Waals surface area contributed by atoms with Crippen LogP contribution < -0.4 is 15.8 Å². The average Bonchev–Trinajstić information content (AvgIpc) is 3.17. The van der Waals surface area contributed by atoms with Crippen molar-refractivity contribution in [1.29, 1.82) is 0 Å². The van der Waals surface area contributed by atoms with Crippen molar-refractivity contribution in [2.75, 3.05) is 5.73 Å². The van der Waals surface area contributed by atoms with Gasteiger partial charge in [0.25, 0.3) is 0 Å². The lowest BCUT2D eigenvalue weighted by Gasteiger charge is -2.40. The molecule has 2 aliphatic rings. The van der Waals surface area contributed by atoms with Gasteiger partial charge in [0.2, 0.25) is 11.9 Å². The third-order valence-electron chi connectivity index (χ3n) is 4.90. The maximum atomic E-state index is 12.4. The van der Waals surface area contributed by atoms with Crippen molar-refractivity contribution in [3.8, 4) is 5.75 Å². The molecule has 3 N–H and O–H groups in total. The summed E-state index contributed by atoms with van der Waals surface area (Å²) >= 11 is 0. The van der Waals surface area contributed by atoms with Crippen molar-refractivity contribution in [1.82, 2.24) is 25.5 Å². The molecule has 2 aromatic rings. The first-order valence-electron chi connectivity index (χ1n) is 8.24. The van der Waals surface area contributed by atoms with Gasteiger partial charge in [0.05, 0.1) is 6.04 Å². The first-order chi connectivity index (χ1) is 11.7. The Morgan fingerprint density at radius 3 is 2.92 bits per heavy atom. The summed E-state index contributed by atoms with van der Waals surface area (Å²) in [6, 6.07) is 7.85. The quantitative estimate of drug-likeness (QED) is 0.877. The average molecular weight is 328 g/mol. The maximum absolute atomic E-state index is 12.4. The highest BCUT2D eigenvalue weighted by atomic mass is 16.5. The summed E-state index contributed by atoms with van der Waals surface area (Å²) in [6.45, 7) is 0.00531. The molecule has 1 amide bonds. The Bertz CT molecular complexity index is 753. The number of nitrogens with zero attached hydrogens (tertiary/aromatic N) is 4. The largest absolute Gasteiger partial charge is 0.487 e. The minimum Gasteiger partial charge on any atom is -0.487 e. The Morgan fingerprint density at radius 1 is 1.38 bits per heavy atom. The number of ether oxygens (including phenoxy) is 1. The minimum atomic E-state index is -0.163. The van der Waals surface area contributed by atoms with Gasteiger partial charge in [-0.25, -0.2) is 4.68 Å². The van der Waals surface area contributed by atoms with E-state index < -0.39 is 0 Å². The first kappa shape index (κ1) is 14.9. The minimum absolute atomic E-state index is 0.00531. The summed E-state index contributed by atoms with van der Waals surface area (Å²) in [6.07, 6.45) is 5.20. The number of carbonyl (C=O) groups is 1. The highest BCUT2D eigenvalue weighted by Crippen LogP contribution is 2.46. The van der Waals surface area contributed by atoms with Crippen LogP contribution in [0.3, 0.4) is 0 Å². The van der Waals surface area contributed by atoms with E-state index in [0.717, 1.165) is 30.6 Å². The summed E-state index contributed by atoms with van der Waals surface area (Å²) in [7, 11) is 0. The van der Waals surface area contributed by atoms with Crippen LogP contribution in [0.5, 0.6) is 5.75 Å². The number of amides is 1. The number of carbonyl (C=O) groups excluding carboxylic acids is 1. The lowest BCUT2D eigenvalue weighted by Crippen LogP contribution is -2.44. The van der Waals surface area contributed by atoms with E-state index in [0.29, 0.717) is 0 Å². The zero-order valence-electron chi connectivity index (χ0n) is 13.3. The van der Waals surface area contributed by atoms with Gasteiger partial charge in [0, 0.05) is 12.0 Å². The van der Waals surface area contributed by atoms with Crippen molar-refractivity contribution >= 4 is 11.9 Å². The number of fused-ring (bicyclic) bond motifs is 1. The molecule has 4 rings (SSSR count). The molecule has 24 heavy (non-hydrogen) atoms. The third-order valence-corrected chi connectivity index (χ3v) is 4.90. The van der Waals surface area contributed by atoms with E-state index in [1.165, 1.54) is 17.5 Å². The Labute approximate surface area is 139 Å². The van der Waals surface area contributed by atoms with E-state index in [9.17, 15) is 4.79 Å². The van der Waals surface area contributed by atoms with Crippen molar-refractivity contribution in [2.45, 2.75) is 50.3 Å². The smallest absolute Gasteiger partial charge is 0.242 e. The molecule has 1 aromatic carbocycles. The van der Waals surface area contributed by atoms with Crippen molar-refractivity contribution in [2.24, 2.45) is 0 Å². The van der Waals surface area contributed by atoms with Crippen LogP contribution in [0.4, 0.5) is 5.95 Å². The zero-order chi connectivity index (χ0) is 16.6. The summed E-state index contributed by atoms with van der Waals surface area (Å²) in [4.78, 5) is 12.4. The Balaban J connectivity index is 1.55. The van der Waals surface area contributed by atoms with Gasteiger partial charge in [-0.15, -0.1) is 0 Å². The number of anilines is 1. The Morgan fingerprint density at radius 2 is 2.17 bits per heavy atom. The van der Waals surface area contributed by atoms with Crippen LogP contribution in [0.15, 0.2) is 24.3 Å². The number of tetrazole rings is 1. The second kappa shape index (κ2) is 5.77. The molecule has 8 heteroatoms. The van der Waals surface area contributed by atoms with Crippen molar-refractivity contribution in [3.63, 3.8) is 0 Å². The highest BCUT2D eigenvalue weighted by Gasteiger charge is 2.43. The lowest BCUT2D eigenvalue weighted by molar-refractivity contribution is -0.123. The summed E-state index contributed by atoms with van der Waals surface area (Å²) in [5.41, 5.74) is 6.49. The number of benzene rings is 1. The van der Waals surface area contributed by atoms with Crippen molar-refractivity contribution in [3.05, 3.63) is 29.8 Å². The number of hydrogen-bond donors (Lipinski definition) is 2. The molecule has 8 nitrogen and oxygen atoms in total. The predicted octanol–water partition coefficient (Wildman–Crippen LogP) is 1.21. The molecule has 2 heterocycles. The van der Waals surface area contributed by atoms with Gasteiger partial charge in [-0.1, -0.05) is 23.3 Å². The molecular weight excluding hydrogens is 308 g/mol. The van der Waals surface area contributed by atoms with Gasteiger partial charge in [0.15, 0.2) is 0 Å². The SMILES string of the molecule is Nc1nnnn1CC(=O)N[C@H]1CC2(CCCC2)Oc2ccccc21. The van der Waals surface area contributed by atoms with Gasteiger partial charge < -0.3 is 15.8 Å². The van der Waals surface area contributed by atoms with Gasteiger partial charge in [-0.3, -0.25) is 4.79 Å². The molecule has 1 fully saturated rings.